The maximum absolute atomic E-state index is 5.28. The quantitative estimate of drug-likeness (QED) is 0.760. The summed E-state index contributed by atoms with van der Waals surface area (Å²) in [6.07, 6.45) is -0.406. The predicted octanol–water partition coefficient (Wildman–Crippen LogP) is 2.47. The van der Waals surface area contributed by atoms with E-state index in [1.54, 1.807) is 14.2 Å². The van der Waals surface area contributed by atoms with Crippen LogP contribution >= 0.6 is 0 Å². The molecule has 0 saturated carbocycles. The molecular formula is C13H16N2O2. The van der Waals surface area contributed by atoms with Crippen LogP contribution in [0.2, 0.25) is 0 Å². The summed E-state index contributed by atoms with van der Waals surface area (Å²) in [4.78, 5) is 0. The molecule has 0 aliphatic carbocycles. The molecule has 0 radical (unpaired) electrons. The molecule has 0 saturated heterocycles. The summed E-state index contributed by atoms with van der Waals surface area (Å²) in [6.45, 7) is 1.95. The van der Waals surface area contributed by atoms with Gasteiger partial charge in [-0.3, -0.25) is 0 Å². The average Bonchev–Trinajstić information content (AvgIpc) is 2.74. The van der Waals surface area contributed by atoms with Gasteiger partial charge >= 0.3 is 0 Å². The van der Waals surface area contributed by atoms with Crippen LogP contribution in [0.25, 0.3) is 5.69 Å². The number of hydrogen-bond donors (Lipinski definition) is 0. The zero-order valence-electron chi connectivity index (χ0n) is 10.3. The zero-order valence-corrected chi connectivity index (χ0v) is 10.3. The van der Waals surface area contributed by atoms with Gasteiger partial charge in [0.1, 0.15) is 5.69 Å². The van der Waals surface area contributed by atoms with Crippen LogP contribution < -0.4 is 0 Å². The van der Waals surface area contributed by atoms with E-state index >= 15 is 0 Å². The molecule has 0 N–H and O–H groups in total. The van der Waals surface area contributed by atoms with Crippen molar-refractivity contribution in [1.29, 1.82) is 0 Å². The van der Waals surface area contributed by atoms with E-state index in [1.165, 1.54) is 0 Å². The first kappa shape index (κ1) is 11.8. The van der Waals surface area contributed by atoms with Gasteiger partial charge < -0.3 is 9.47 Å². The second kappa shape index (κ2) is 5.12. The fourth-order valence-corrected chi connectivity index (χ4v) is 1.80. The first-order valence-corrected chi connectivity index (χ1v) is 5.44. The van der Waals surface area contributed by atoms with Crippen molar-refractivity contribution in [3.8, 4) is 5.69 Å². The Morgan fingerprint density at radius 1 is 1.12 bits per heavy atom. The third-order valence-corrected chi connectivity index (χ3v) is 2.53. The number of methoxy groups -OCH3 is 2. The van der Waals surface area contributed by atoms with E-state index in [0.717, 1.165) is 17.1 Å². The molecule has 1 aromatic carbocycles. The molecule has 90 valence electrons. The molecule has 0 bridgehead atoms. The highest BCUT2D eigenvalue weighted by Crippen LogP contribution is 2.21. The monoisotopic (exact) mass is 232 g/mol. The maximum atomic E-state index is 5.28. The van der Waals surface area contributed by atoms with E-state index in [0.29, 0.717) is 0 Å². The molecule has 17 heavy (non-hydrogen) atoms. The third-order valence-electron chi connectivity index (χ3n) is 2.53. The number of hydrogen-bond acceptors (Lipinski definition) is 3. The summed E-state index contributed by atoms with van der Waals surface area (Å²) in [5, 5.41) is 4.45. The number of nitrogens with zero attached hydrogens (tertiary/aromatic N) is 2. The number of benzene rings is 1. The molecule has 0 aliphatic heterocycles. The molecule has 4 nitrogen and oxygen atoms in total. The smallest absolute Gasteiger partial charge is 0.200 e. The second-order valence-electron chi connectivity index (χ2n) is 3.76. The molecule has 0 aliphatic rings. The number of aromatic nitrogens is 2. The van der Waals surface area contributed by atoms with E-state index in [2.05, 4.69) is 5.10 Å². The summed E-state index contributed by atoms with van der Waals surface area (Å²) in [7, 11) is 3.23. The fourth-order valence-electron chi connectivity index (χ4n) is 1.80. The Morgan fingerprint density at radius 3 is 2.35 bits per heavy atom. The van der Waals surface area contributed by atoms with Gasteiger partial charge in [-0.1, -0.05) is 18.2 Å². The van der Waals surface area contributed by atoms with Gasteiger partial charge in [-0.15, -0.1) is 0 Å². The van der Waals surface area contributed by atoms with E-state index in [4.69, 9.17) is 9.47 Å². The summed E-state index contributed by atoms with van der Waals surface area (Å²) >= 11 is 0. The van der Waals surface area contributed by atoms with Crippen LogP contribution in [0.15, 0.2) is 36.4 Å². The highest BCUT2D eigenvalue weighted by atomic mass is 16.7. The van der Waals surface area contributed by atoms with Crippen LogP contribution in [0.5, 0.6) is 0 Å². The lowest BCUT2D eigenvalue weighted by Crippen LogP contribution is -2.10. The van der Waals surface area contributed by atoms with E-state index < -0.39 is 6.29 Å². The third kappa shape index (κ3) is 2.38. The first-order chi connectivity index (χ1) is 8.26. The summed E-state index contributed by atoms with van der Waals surface area (Å²) < 4.78 is 12.4. The molecule has 0 fully saturated rings. The van der Waals surface area contributed by atoms with Crippen molar-refractivity contribution in [3.63, 3.8) is 0 Å². The average molecular weight is 232 g/mol. The second-order valence-corrected chi connectivity index (χ2v) is 3.76. The van der Waals surface area contributed by atoms with Gasteiger partial charge in [-0.25, -0.2) is 4.68 Å². The number of rotatable bonds is 4. The van der Waals surface area contributed by atoms with Gasteiger partial charge in [0, 0.05) is 14.2 Å². The van der Waals surface area contributed by atoms with Gasteiger partial charge in [0.15, 0.2) is 0 Å². The topological polar surface area (TPSA) is 36.3 Å². The molecule has 2 rings (SSSR count). The lowest BCUT2D eigenvalue weighted by atomic mass is 10.3. The Hall–Kier alpha value is -1.65. The molecule has 2 aromatic rings. The van der Waals surface area contributed by atoms with Crippen LogP contribution in [0.4, 0.5) is 0 Å². The van der Waals surface area contributed by atoms with Crippen LogP contribution in [0.1, 0.15) is 17.7 Å². The fraction of sp³-hybridized carbons (Fsp3) is 0.308. The number of aryl methyl sites for hydroxylation is 1. The minimum absolute atomic E-state index is 0.406. The highest BCUT2D eigenvalue weighted by Gasteiger charge is 2.17. The predicted molar refractivity (Wildman–Crippen MR) is 65.1 cm³/mol. The molecule has 0 unspecified atom stereocenters. The lowest BCUT2D eigenvalue weighted by Gasteiger charge is -2.15. The van der Waals surface area contributed by atoms with Gasteiger partial charge in [-0.2, -0.15) is 5.10 Å². The van der Waals surface area contributed by atoms with Gasteiger partial charge in [0.2, 0.25) is 6.29 Å². The van der Waals surface area contributed by atoms with Crippen molar-refractivity contribution in [2.45, 2.75) is 13.2 Å². The molecule has 1 heterocycles. The number of para-hydroxylation sites is 1. The first-order valence-electron chi connectivity index (χ1n) is 5.44. The summed E-state index contributed by atoms with van der Waals surface area (Å²) in [5.41, 5.74) is 2.82. The lowest BCUT2D eigenvalue weighted by molar-refractivity contribution is -0.109. The van der Waals surface area contributed by atoms with Crippen molar-refractivity contribution in [2.75, 3.05) is 14.2 Å². The van der Waals surface area contributed by atoms with E-state index in [1.807, 2.05) is 48.0 Å². The van der Waals surface area contributed by atoms with E-state index in [9.17, 15) is 0 Å². The molecule has 1 aromatic heterocycles. The molecular weight excluding hydrogens is 216 g/mol. The van der Waals surface area contributed by atoms with Crippen LogP contribution in [0.3, 0.4) is 0 Å². The largest absolute Gasteiger partial charge is 0.350 e. The van der Waals surface area contributed by atoms with Gasteiger partial charge in [-0.05, 0) is 25.1 Å². The molecule has 4 heteroatoms. The summed E-state index contributed by atoms with van der Waals surface area (Å²) in [6, 6.07) is 11.9. The normalized spacial score (nSPS) is 11.1. The molecule has 0 spiro atoms. The van der Waals surface area contributed by atoms with Crippen molar-refractivity contribution >= 4 is 0 Å². The van der Waals surface area contributed by atoms with Crippen LogP contribution in [-0.2, 0) is 9.47 Å². The van der Waals surface area contributed by atoms with Crippen LogP contribution in [-0.4, -0.2) is 24.0 Å². The molecule has 0 atom stereocenters. The highest BCUT2D eigenvalue weighted by molar-refractivity contribution is 5.33. The molecule has 0 amide bonds. The van der Waals surface area contributed by atoms with Crippen molar-refractivity contribution in [1.82, 2.24) is 9.78 Å². The van der Waals surface area contributed by atoms with Crippen molar-refractivity contribution in [3.05, 3.63) is 47.8 Å². The Balaban J connectivity index is 2.47. The maximum Gasteiger partial charge on any atom is 0.200 e. The zero-order chi connectivity index (χ0) is 12.3. The minimum atomic E-state index is -0.406. The Labute approximate surface area is 101 Å². The van der Waals surface area contributed by atoms with Crippen molar-refractivity contribution < 1.29 is 9.47 Å². The van der Waals surface area contributed by atoms with Crippen LogP contribution in [0, 0.1) is 6.92 Å². The standard InChI is InChI=1S/C13H16N2O2/c1-10-9-12(13(16-2)17-3)15(14-10)11-7-5-4-6-8-11/h4-9,13H,1-3H3. The number of ether oxygens (including phenoxy) is 2. The van der Waals surface area contributed by atoms with Gasteiger partial charge in [0.25, 0.3) is 0 Å². The summed E-state index contributed by atoms with van der Waals surface area (Å²) in [5.74, 6) is 0. The Kier molecular flexibility index (Phi) is 3.56. The Bertz CT molecular complexity index is 475. The minimum Gasteiger partial charge on any atom is -0.350 e. The van der Waals surface area contributed by atoms with Gasteiger partial charge in [0.05, 0.1) is 11.4 Å². The van der Waals surface area contributed by atoms with Crippen molar-refractivity contribution in [2.24, 2.45) is 0 Å². The Morgan fingerprint density at radius 2 is 1.76 bits per heavy atom. The SMILES string of the molecule is COC(OC)c1cc(C)nn1-c1ccccc1. The van der Waals surface area contributed by atoms with E-state index in [-0.39, 0.29) is 0 Å².